The SMILES string of the molecule is CC(C)(C)OC(=O)N1CCCc2ncnc(N)c21. The predicted octanol–water partition coefficient (Wildman–Crippen LogP) is 1.75. The molecule has 98 valence electrons. The molecule has 2 rings (SSSR count). The number of anilines is 2. The largest absolute Gasteiger partial charge is 0.443 e. The van der Waals surface area contributed by atoms with E-state index in [2.05, 4.69) is 9.97 Å². The Labute approximate surface area is 106 Å². The molecule has 0 aliphatic carbocycles. The molecule has 6 nitrogen and oxygen atoms in total. The molecule has 0 saturated carbocycles. The zero-order valence-electron chi connectivity index (χ0n) is 10.9. The normalized spacial score (nSPS) is 15.2. The fraction of sp³-hybridized carbons (Fsp3) is 0.583. The van der Waals surface area contributed by atoms with Crippen molar-refractivity contribution in [1.29, 1.82) is 0 Å². The van der Waals surface area contributed by atoms with Gasteiger partial charge in [-0.1, -0.05) is 0 Å². The third-order valence-electron chi connectivity index (χ3n) is 2.61. The fourth-order valence-electron chi connectivity index (χ4n) is 1.92. The van der Waals surface area contributed by atoms with Crippen LogP contribution in [0.2, 0.25) is 0 Å². The minimum atomic E-state index is -0.529. The fourth-order valence-corrected chi connectivity index (χ4v) is 1.92. The summed E-state index contributed by atoms with van der Waals surface area (Å²) >= 11 is 0. The number of carbonyl (C=O) groups excluding carboxylic acids is 1. The number of carbonyl (C=O) groups is 1. The Morgan fingerprint density at radius 2 is 2.17 bits per heavy atom. The maximum atomic E-state index is 12.1. The second kappa shape index (κ2) is 4.44. The highest BCUT2D eigenvalue weighted by Gasteiger charge is 2.29. The van der Waals surface area contributed by atoms with Crippen LogP contribution >= 0.6 is 0 Å². The summed E-state index contributed by atoms with van der Waals surface area (Å²) in [6.07, 6.45) is 2.68. The van der Waals surface area contributed by atoms with Gasteiger partial charge in [0.05, 0.1) is 5.69 Å². The molecule has 1 amide bonds. The number of fused-ring (bicyclic) bond motifs is 1. The standard InChI is InChI=1S/C12H18N4O2/c1-12(2,3)18-11(17)16-6-4-5-8-9(16)10(13)15-7-14-8/h7H,4-6H2,1-3H3,(H2,13,14,15). The van der Waals surface area contributed by atoms with Crippen molar-refractivity contribution in [2.75, 3.05) is 17.2 Å². The van der Waals surface area contributed by atoms with Crippen LogP contribution in [0.15, 0.2) is 6.33 Å². The van der Waals surface area contributed by atoms with E-state index in [9.17, 15) is 4.79 Å². The summed E-state index contributed by atoms with van der Waals surface area (Å²) in [5, 5.41) is 0. The first-order valence-corrected chi connectivity index (χ1v) is 5.98. The van der Waals surface area contributed by atoms with Gasteiger partial charge >= 0.3 is 6.09 Å². The van der Waals surface area contributed by atoms with Gasteiger partial charge < -0.3 is 10.5 Å². The van der Waals surface area contributed by atoms with Crippen LogP contribution in [0.4, 0.5) is 16.3 Å². The van der Waals surface area contributed by atoms with Crippen molar-refractivity contribution < 1.29 is 9.53 Å². The van der Waals surface area contributed by atoms with Crippen molar-refractivity contribution >= 4 is 17.6 Å². The van der Waals surface area contributed by atoms with E-state index in [1.54, 1.807) is 0 Å². The van der Waals surface area contributed by atoms with Crippen LogP contribution in [0.1, 0.15) is 32.9 Å². The monoisotopic (exact) mass is 250 g/mol. The van der Waals surface area contributed by atoms with Crippen LogP contribution in [0.3, 0.4) is 0 Å². The van der Waals surface area contributed by atoms with Gasteiger partial charge in [0.25, 0.3) is 0 Å². The molecule has 0 spiro atoms. The van der Waals surface area contributed by atoms with Crippen molar-refractivity contribution in [3.05, 3.63) is 12.0 Å². The molecule has 0 fully saturated rings. The van der Waals surface area contributed by atoms with Crippen LogP contribution in [-0.2, 0) is 11.2 Å². The number of hydrogen-bond donors (Lipinski definition) is 1. The molecule has 0 radical (unpaired) electrons. The molecule has 0 saturated heterocycles. The van der Waals surface area contributed by atoms with Crippen molar-refractivity contribution in [2.45, 2.75) is 39.2 Å². The highest BCUT2D eigenvalue weighted by atomic mass is 16.6. The minimum absolute atomic E-state index is 0.325. The maximum absolute atomic E-state index is 12.1. The lowest BCUT2D eigenvalue weighted by Crippen LogP contribution is -2.40. The average molecular weight is 250 g/mol. The summed E-state index contributed by atoms with van der Waals surface area (Å²) in [6.45, 7) is 6.08. The molecule has 18 heavy (non-hydrogen) atoms. The van der Waals surface area contributed by atoms with Crippen LogP contribution < -0.4 is 10.6 Å². The summed E-state index contributed by atoms with van der Waals surface area (Å²) in [5.74, 6) is 0.325. The third kappa shape index (κ3) is 2.52. The van der Waals surface area contributed by atoms with Crippen LogP contribution in [0, 0.1) is 0 Å². The number of rotatable bonds is 0. The summed E-state index contributed by atoms with van der Waals surface area (Å²) in [4.78, 5) is 21.8. The van der Waals surface area contributed by atoms with Crippen molar-refractivity contribution in [3.8, 4) is 0 Å². The maximum Gasteiger partial charge on any atom is 0.414 e. The Morgan fingerprint density at radius 1 is 1.44 bits per heavy atom. The number of ether oxygens (including phenoxy) is 1. The second-order valence-corrected chi connectivity index (χ2v) is 5.29. The number of aryl methyl sites for hydroxylation is 1. The van der Waals surface area contributed by atoms with Crippen LogP contribution in [0.5, 0.6) is 0 Å². The Balaban J connectivity index is 2.30. The molecule has 2 N–H and O–H groups in total. The summed E-state index contributed by atoms with van der Waals surface area (Å²) in [7, 11) is 0. The van der Waals surface area contributed by atoms with Crippen LogP contribution in [0.25, 0.3) is 0 Å². The number of nitrogens with zero attached hydrogens (tertiary/aromatic N) is 3. The molecule has 2 heterocycles. The smallest absolute Gasteiger partial charge is 0.414 e. The van der Waals surface area contributed by atoms with Crippen LogP contribution in [-0.4, -0.2) is 28.2 Å². The number of nitrogen functional groups attached to an aromatic ring is 1. The van der Waals surface area contributed by atoms with E-state index in [0.29, 0.717) is 18.1 Å². The van der Waals surface area contributed by atoms with E-state index in [1.165, 1.54) is 11.2 Å². The molecule has 6 heteroatoms. The molecule has 1 aromatic rings. The Morgan fingerprint density at radius 3 is 2.83 bits per heavy atom. The first-order chi connectivity index (χ1) is 8.38. The Hall–Kier alpha value is -1.85. The first-order valence-electron chi connectivity index (χ1n) is 5.98. The van der Waals surface area contributed by atoms with Crippen molar-refractivity contribution in [1.82, 2.24) is 9.97 Å². The lowest BCUT2D eigenvalue weighted by molar-refractivity contribution is 0.0577. The molecule has 0 bridgehead atoms. The van der Waals surface area contributed by atoms with Gasteiger partial charge in [-0.3, -0.25) is 4.90 Å². The minimum Gasteiger partial charge on any atom is -0.443 e. The van der Waals surface area contributed by atoms with E-state index in [4.69, 9.17) is 10.5 Å². The van der Waals surface area contributed by atoms with Gasteiger partial charge in [-0.25, -0.2) is 14.8 Å². The molecule has 0 aromatic carbocycles. The van der Waals surface area contributed by atoms with Gasteiger partial charge in [0.2, 0.25) is 0 Å². The van der Waals surface area contributed by atoms with Crippen molar-refractivity contribution in [3.63, 3.8) is 0 Å². The van der Waals surface area contributed by atoms with Gasteiger partial charge in [0, 0.05) is 6.54 Å². The molecule has 0 unspecified atom stereocenters. The lowest BCUT2D eigenvalue weighted by Gasteiger charge is -2.31. The topological polar surface area (TPSA) is 81.3 Å². The molecular weight excluding hydrogens is 232 g/mol. The zero-order chi connectivity index (χ0) is 13.3. The summed E-state index contributed by atoms with van der Waals surface area (Å²) in [6, 6.07) is 0. The van der Waals surface area contributed by atoms with Gasteiger partial charge in [0.1, 0.15) is 17.6 Å². The number of aromatic nitrogens is 2. The van der Waals surface area contributed by atoms with E-state index in [0.717, 1.165) is 18.5 Å². The zero-order valence-corrected chi connectivity index (χ0v) is 10.9. The lowest BCUT2D eigenvalue weighted by atomic mass is 10.1. The van der Waals surface area contributed by atoms with Gasteiger partial charge in [0.15, 0.2) is 5.82 Å². The highest BCUT2D eigenvalue weighted by molar-refractivity contribution is 5.92. The molecule has 0 atom stereocenters. The molecule has 1 aromatic heterocycles. The highest BCUT2D eigenvalue weighted by Crippen LogP contribution is 2.30. The summed E-state index contributed by atoms with van der Waals surface area (Å²) < 4.78 is 5.36. The van der Waals surface area contributed by atoms with Crippen molar-refractivity contribution in [2.24, 2.45) is 0 Å². The quantitative estimate of drug-likeness (QED) is 0.758. The first kappa shape index (κ1) is 12.6. The second-order valence-electron chi connectivity index (χ2n) is 5.29. The predicted molar refractivity (Wildman–Crippen MR) is 68.3 cm³/mol. The van der Waals surface area contributed by atoms with Gasteiger partial charge in [-0.15, -0.1) is 0 Å². The van der Waals surface area contributed by atoms with Gasteiger partial charge in [-0.2, -0.15) is 0 Å². The Bertz CT molecular complexity index is 468. The van der Waals surface area contributed by atoms with E-state index >= 15 is 0 Å². The molecular formula is C12H18N4O2. The third-order valence-corrected chi connectivity index (χ3v) is 2.61. The number of hydrogen-bond acceptors (Lipinski definition) is 5. The van der Waals surface area contributed by atoms with Gasteiger partial charge in [-0.05, 0) is 33.6 Å². The van der Waals surface area contributed by atoms with E-state index in [1.807, 2.05) is 20.8 Å². The number of nitrogens with two attached hydrogens (primary N) is 1. The van der Waals surface area contributed by atoms with E-state index < -0.39 is 11.7 Å². The Kier molecular flexibility index (Phi) is 3.11. The average Bonchev–Trinajstić information content (AvgIpc) is 2.26. The number of amides is 1. The van der Waals surface area contributed by atoms with E-state index in [-0.39, 0.29) is 0 Å². The molecule has 1 aliphatic heterocycles. The summed E-state index contributed by atoms with van der Waals surface area (Å²) in [5.41, 5.74) is 6.70. The molecule has 1 aliphatic rings.